The molecule has 2 aliphatic rings. The van der Waals surface area contributed by atoms with E-state index in [9.17, 15) is 9.59 Å². The minimum Gasteiger partial charge on any atom is -0.337 e. The molecule has 0 unspecified atom stereocenters. The summed E-state index contributed by atoms with van der Waals surface area (Å²) in [6.45, 7) is 4.13. The first kappa shape index (κ1) is 17.7. The molecule has 6 nitrogen and oxygen atoms in total. The summed E-state index contributed by atoms with van der Waals surface area (Å²) in [6, 6.07) is 9.19. The van der Waals surface area contributed by atoms with Gasteiger partial charge in [0.15, 0.2) is 0 Å². The fraction of sp³-hybridized carbons (Fsp3) is 0.579. The van der Waals surface area contributed by atoms with Gasteiger partial charge in [-0.15, -0.1) is 0 Å². The molecule has 1 aromatic carbocycles. The molecule has 0 spiro atoms. The fourth-order valence-electron chi connectivity index (χ4n) is 3.74. The second-order valence-corrected chi connectivity index (χ2v) is 6.92. The standard InChI is InChI=1S/C19H28N4O2/c24-18(14-20-19(25)21-16-8-2-1-3-9-16)23-13-5-4-10-17(23)15-22-11-6-7-12-22/h1-3,8-9,17H,4-7,10-15H2,(H2,20,21,25)/t17-/m0/s1. The van der Waals surface area contributed by atoms with E-state index < -0.39 is 0 Å². The highest BCUT2D eigenvalue weighted by atomic mass is 16.2. The summed E-state index contributed by atoms with van der Waals surface area (Å²) in [5, 5.41) is 5.43. The Balaban J connectivity index is 1.47. The number of anilines is 1. The van der Waals surface area contributed by atoms with Crippen molar-refractivity contribution in [2.75, 3.05) is 38.0 Å². The molecule has 2 aliphatic heterocycles. The summed E-state index contributed by atoms with van der Waals surface area (Å²) in [6.07, 6.45) is 5.84. The molecular weight excluding hydrogens is 316 g/mol. The van der Waals surface area contributed by atoms with E-state index in [0.717, 1.165) is 44.7 Å². The third kappa shape index (κ3) is 5.19. The molecule has 2 N–H and O–H groups in total. The van der Waals surface area contributed by atoms with Gasteiger partial charge in [0.1, 0.15) is 0 Å². The monoisotopic (exact) mass is 344 g/mol. The Morgan fingerprint density at radius 1 is 1.00 bits per heavy atom. The molecule has 1 aromatic rings. The van der Waals surface area contributed by atoms with Crippen molar-refractivity contribution in [3.05, 3.63) is 30.3 Å². The fourth-order valence-corrected chi connectivity index (χ4v) is 3.74. The lowest BCUT2D eigenvalue weighted by Crippen LogP contribution is -2.52. The summed E-state index contributed by atoms with van der Waals surface area (Å²) < 4.78 is 0. The van der Waals surface area contributed by atoms with Gasteiger partial charge < -0.3 is 20.4 Å². The molecular formula is C19H28N4O2. The van der Waals surface area contributed by atoms with Gasteiger partial charge in [-0.05, 0) is 57.3 Å². The van der Waals surface area contributed by atoms with E-state index in [0.29, 0.717) is 6.04 Å². The molecule has 2 fully saturated rings. The van der Waals surface area contributed by atoms with Crippen LogP contribution in [0.15, 0.2) is 30.3 Å². The number of rotatable bonds is 5. The highest BCUT2D eigenvalue weighted by Gasteiger charge is 2.29. The number of hydrogen-bond donors (Lipinski definition) is 2. The molecule has 0 aromatic heterocycles. The van der Waals surface area contributed by atoms with Gasteiger partial charge in [0.05, 0.1) is 6.54 Å². The number of piperidine rings is 1. The normalized spacial score (nSPS) is 21.1. The zero-order chi connectivity index (χ0) is 17.5. The molecule has 3 rings (SSSR count). The lowest BCUT2D eigenvalue weighted by Gasteiger charge is -2.38. The zero-order valence-electron chi connectivity index (χ0n) is 14.7. The summed E-state index contributed by atoms with van der Waals surface area (Å²) >= 11 is 0. The second-order valence-electron chi connectivity index (χ2n) is 6.92. The van der Waals surface area contributed by atoms with Crippen molar-refractivity contribution in [2.24, 2.45) is 0 Å². The van der Waals surface area contributed by atoms with Gasteiger partial charge >= 0.3 is 6.03 Å². The Morgan fingerprint density at radius 2 is 1.72 bits per heavy atom. The van der Waals surface area contributed by atoms with Gasteiger partial charge in [0, 0.05) is 24.8 Å². The van der Waals surface area contributed by atoms with Gasteiger partial charge in [-0.2, -0.15) is 0 Å². The lowest BCUT2D eigenvalue weighted by atomic mass is 10.0. The van der Waals surface area contributed by atoms with Crippen molar-refractivity contribution < 1.29 is 9.59 Å². The van der Waals surface area contributed by atoms with Gasteiger partial charge in [0.2, 0.25) is 5.91 Å². The van der Waals surface area contributed by atoms with E-state index in [4.69, 9.17) is 0 Å². The van der Waals surface area contributed by atoms with Crippen LogP contribution in [-0.4, -0.2) is 60.5 Å². The summed E-state index contributed by atoms with van der Waals surface area (Å²) in [7, 11) is 0. The third-order valence-electron chi connectivity index (χ3n) is 5.05. The van der Waals surface area contributed by atoms with E-state index in [2.05, 4.69) is 15.5 Å². The van der Waals surface area contributed by atoms with Gasteiger partial charge in [-0.25, -0.2) is 4.79 Å². The van der Waals surface area contributed by atoms with Crippen LogP contribution < -0.4 is 10.6 Å². The Labute approximate surface area is 149 Å². The van der Waals surface area contributed by atoms with Crippen LogP contribution in [0, 0.1) is 0 Å². The number of hydrogen-bond acceptors (Lipinski definition) is 3. The Kier molecular flexibility index (Phi) is 6.28. The number of carbonyl (C=O) groups excluding carboxylic acids is 2. The Bertz CT molecular complexity index is 572. The van der Waals surface area contributed by atoms with Crippen LogP contribution in [0.5, 0.6) is 0 Å². The van der Waals surface area contributed by atoms with Gasteiger partial charge in [-0.1, -0.05) is 18.2 Å². The van der Waals surface area contributed by atoms with Crippen molar-refractivity contribution in [1.29, 1.82) is 0 Å². The predicted molar refractivity (Wildman–Crippen MR) is 98.5 cm³/mol. The molecule has 1 atom stereocenters. The number of likely N-dealkylation sites (tertiary alicyclic amines) is 2. The van der Waals surface area contributed by atoms with Gasteiger partial charge in [-0.3, -0.25) is 4.79 Å². The number of nitrogens with zero attached hydrogens (tertiary/aromatic N) is 2. The quantitative estimate of drug-likeness (QED) is 0.861. The SMILES string of the molecule is O=C(NCC(=O)N1CCCC[C@H]1CN1CCCC1)Nc1ccccc1. The zero-order valence-corrected chi connectivity index (χ0v) is 14.7. The molecule has 136 valence electrons. The number of carbonyl (C=O) groups is 2. The maximum Gasteiger partial charge on any atom is 0.319 e. The Hall–Kier alpha value is -2.08. The summed E-state index contributed by atoms with van der Waals surface area (Å²) in [5.74, 6) is 0.0205. The molecule has 2 heterocycles. The number of urea groups is 1. The molecule has 0 aliphatic carbocycles. The van der Waals surface area contributed by atoms with Crippen molar-refractivity contribution in [3.8, 4) is 0 Å². The van der Waals surface area contributed by atoms with Crippen molar-refractivity contribution in [1.82, 2.24) is 15.1 Å². The van der Waals surface area contributed by atoms with Gasteiger partial charge in [0.25, 0.3) is 0 Å². The van der Waals surface area contributed by atoms with E-state index in [-0.39, 0.29) is 18.5 Å². The second kappa shape index (κ2) is 8.85. The van der Waals surface area contributed by atoms with E-state index >= 15 is 0 Å². The summed E-state index contributed by atoms with van der Waals surface area (Å²) in [5.41, 5.74) is 0.720. The molecule has 0 radical (unpaired) electrons. The number of para-hydroxylation sites is 1. The molecule has 6 heteroatoms. The summed E-state index contributed by atoms with van der Waals surface area (Å²) in [4.78, 5) is 29.0. The van der Waals surface area contributed by atoms with Crippen LogP contribution in [0.25, 0.3) is 0 Å². The maximum atomic E-state index is 12.6. The van der Waals surface area contributed by atoms with Crippen LogP contribution in [-0.2, 0) is 4.79 Å². The third-order valence-corrected chi connectivity index (χ3v) is 5.05. The van der Waals surface area contributed by atoms with Crippen molar-refractivity contribution in [2.45, 2.75) is 38.1 Å². The molecule has 3 amide bonds. The first-order chi connectivity index (χ1) is 12.2. The van der Waals surface area contributed by atoms with Crippen molar-refractivity contribution >= 4 is 17.6 Å². The number of nitrogens with one attached hydrogen (secondary N) is 2. The minimum atomic E-state index is -0.340. The minimum absolute atomic E-state index is 0.0205. The van der Waals surface area contributed by atoms with E-state index in [1.807, 2.05) is 35.2 Å². The van der Waals surface area contributed by atoms with Crippen LogP contribution >= 0.6 is 0 Å². The highest BCUT2D eigenvalue weighted by molar-refractivity contribution is 5.92. The average Bonchev–Trinajstić information content (AvgIpc) is 3.14. The molecule has 0 saturated carbocycles. The smallest absolute Gasteiger partial charge is 0.319 e. The predicted octanol–water partition coefficient (Wildman–Crippen LogP) is 2.28. The lowest BCUT2D eigenvalue weighted by molar-refractivity contribution is -0.134. The first-order valence-corrected chi connectivity index (χ1v) is 9.34. The molecule has 25 heavy (non-hydrogen) atoms. The highest BCUT2D eigenvalue weighted by Crippen LogP contribution is 2.20. The Morgan fingerprint density at radius 3 is 2.48 bits per heavy atom. The number of benzene rings is 1. The largest absolute Gasteiger partial charge is 0.337 e. The molecule has 2 saturated heterocycles. The van der Waals surface area contributed by atoms with Crippen molar-refractivity contribution in [3.63, 3.8) is 0 Å². The maximum absolute atomic E-state index is 12.6. The average molecular weight is 344 g/mol. The van der Waals surface area contributed by atoms with Crippen LogP contribution in [0.1, 0.15) is 32.1 Å². The van der Waals surface area contributed by atoms with Crippen LogP contribution in [0.2, 0.25) is 0 Å². The topological polar surface area (TPSA) is 64.7 Å². The van der Waals surface area contributed by atoms with E-state index in [1.165, 1.54) is 19.3 Å². The first-order valence-electron chi connectivity index (χ1n) is 9.34. The van der Waals surface area contributed by atoms with Crippen LogP contribution in [0.3, 0.4) is 0 Å². The van der Waals surface area contributed by atoms with E-state index in [1.54, 1.807) is 0 Å². The van der Waals surface area contributed by atoms with Crippen LogP contribution in [0.4, 0.5) is 10.5 Å². The molecule has 0 bridgehead atoms. The number of amides is 3.